The number of carbonyl (C=O) groups excluding carboxylic acids is 1. The van der Waals surface area contributed by atoms with E-state index < -0.39 is 11.9 Å². The third-order valence-corrected chi connectivity index (χ3v) is 2.01. The lowest BCUT2D eigenvalue weighted by Gasteiger charge is -2.06. The van der Waals surface area contributed by atoms with Gasteiger partial charge in [0.25, 0.3) is 0 Å². The minimum atomic E-state index is -0.539. The van der Waals surface area contributed by atoms with Gasteiger partial charge in [0.1, 0.15) is 6.04 Å². The van der Waals surface area contributed by atoms with Crippen molar-refractivity contribution in [2.24, 2.45) is 5.73 Å². The van der Waals surface area contributed by atoms with Gasteiger partial charge in [-0.05, 0) is 20.9 Å². The van der Waals surface area contributed by atoms with E-state index in [9.17, 15) is 4.79 Å². The predicted molar refractivity (Wildman–Crippen MR) is 54.1 cm³/mol. The lowest BCUT2D eigenvalue weighted by molar-refractivity contribution is -0.118. The number of nitrogens with one attached hydrogen (secondary N) is 2. The maximum Gasteiger partial charge on any atom is 0.316 e. The van der Waals surface area contributed by atoms with Crippen LogP contribution in [-0.2, 0) is 4.79 Å². The number of nitrogens with zero attached hydrogens (tertiary/aromatic N) is 2. The van der Waals surface area contributed by atoms with Gasteiger partial charge in [0, 0.05) is 0 Å². The SMILES string of the molecule is CNC(C)c1nnc(NC(C)C(N)=O)o1. The van der Waals surface area contributed by atoms with Crippen LogP contribution in [0.25, 0.3) is 0 Å². The Morgan fingerprint density at radius 3 is 2.67 bits per heavy atom. The number of hydrogen-bond donors (Lipinski definition) is 3. The molecule has 15 heavy (non-hydrogen) atoms. The fraction of sp³-hybridized carbons (Fsp3) is 0.625. The molecule has 1 amide bonds. The summed E-state index contributed by atoms with van der Waals surface area (Å²) in [5.41, 5.74) is 5.07. The molecule has 0 aliphatic heterocycles. The highest BCUT2D eigenvalue weighted by Gasteiger charge is 2.15. The Kier molecular flexibility index (Phi) is 3.62. The van der Waals surface area contributed by atoms with Gasteiger partial charge in [-0.2, -0.15) is 0 Å². The third kappa shape index (κ3) is 2.91. The summed E-state index contributed by atoms with van der Waals surface area (Å²) >= 11 is 0. The van der Waals surface area contributed by atoms with E-state index in [2.05, 4.69) is 20.8 Å². The number of hydrogen-bond acceptors (Lipinski definition) is 6. The molecule has 0 saturated carbocycles. The number of nitrogens with two attached hydrogens (primary N) is 1. The summed E-state index contributed by atoms with van der Waals surface area (Å²) in [7, 11) is 1.79. The third-order valence-electron chi connectivity index (χ3n) is 2.01. The molecule has 0 saturated heterocycles. The second kappa shape index (κ2) is 4.74. The monoisotopic (exact) mass is 213 g/mol. The lowest BCUT2D eigenvalue weighted by Crippen LogP contribution is -2.32. The van der Waals surface area contributed by atoms with Gasteiger partial charge < -0.3 is 20.8 Å². The van der Waals surface area contributed by atoms with Crippen molar-refractivity contribution in [3.05, 3.63) is 5.89 Å². The molecule has 0 aliphatic rings. The number of rotatable bonds is 5. The number of anilines is 1. The van der Waals surface area contributed by atoms with Gasteiger partial charge in [0.2, 0.25) is 11.8 Å². The first-order valence-corrected chi connectivity index (χ1v) is 4.61. The van der Waals surface area contributed by atoms with Crippen LogP contribution < -0.4 is 16.4 Å². The second-order valence-electron chi connectivity index (χ2n) is 3.22. The molecule has 0 aromatic carbocycles. The fourth-order valence-electron chi connectivity index (χ4n) is 0.848. The second-order valence-corrected chi connectivity index (χ2v) is 3.22. The van der Waals surface area contributed by atoms with Crippen LogP contribution in [0.3, 0.4) is 0 Å². The van der Waals surface area contributed by atoms with Gasteiger partial charge in [-0.25, -0.2) is 0 Å². The van der Waals surface area contributed by atoms with Crippen molar-refractivity contribution in [1.29, 1.82) is 0 Å². The van der Waals surface area contributed by atoms with E-state index in [-0.39, 0.29) is 12.1 Å². The average molecular weight is 213 g/mol. The van der Waals surface area contributed by atoms with Crippen LogP contribution in [-0.4, -0.2) is 29.2 Å². The molecular weight excluding hydrogens is 198 g/mol. The Morgan fingerprint density at radius 1 is 1.47 bits per heavy atom. The van der Waals surface area contributed by atoms with Crippen molar-refractivity contribution in [2.75, 3.05) is 12.4 Å². The van der Waals surface area contributed by atoms with Crippen molar-refractivity contribution >= 4 is 11.9 Å². The number of primary amides is 1. The molecule has 1 rings (SSSR count). The quantitative estimate of drug-likeness (QED) is 0.616. The molecule has 1 aromatic rings. The van der Waals surface area contributed by atoms with E-state index in [4.69, 9.17) is 10.2 Å². The van der Waals surface area contributed by atoms with Crippen molar-refractivity contribution in [2.45, 2.75) is 25.9 Å². The van der Waals surface area contributed by atoms with Gasteiger partial charge in [0.15, 0.2) is 0 Å². The van der Waals surface area contributed by atoms with Gasteiger partial charge in [-0.15, -0.1) is 5.10 Å². The normalized spacial score (nSPS) is 14.6. The molecule has 2 unspecified atom stereocenters. The van der Waals surface area contributed by atoms with Crippen LogP contribution in [0.1, 0.15) is 25.8 Å². The molecule has 1 aromatic heterocycles. The molecule has 0 aliphatic carbocycles. The van der Waals surface area contributed by atoms with Gasteiger partial charge >= 0.3 is 6.01 Å². The first-order valence-electron chi connectivity index (χ1n) is 4.61. The molecular formula is C8H15N5O2. The highest BCUT2D eigenvalue weighted by atomic mass is 16.4. The average Bonchev–Trinajstić information content (AvgIpc) is 2.65. The number of carbonyl (C=O) groups is 1. The summed E-state index contributed by atoms with van der Waals surface area (Å²) in [5, 5.41) is 13.2. The van der Waals surface area contributed by atoms with Crippen LogP contribution in [0.5, 0.6) is 0 Å². The van der Waals surface area contributed by atoms with E-state index in [1.165, 1.54) is 0 Å². The molecule has 0 radical (unpaired) electrons. The first-order chi connectivity index (χ1) is 7.04. The minimum absolute atomic E-state index is 0.0306. The molecule has 2 atom stereocenters. The van der Waals surface area contributed by atoms with Crippen LogP contribution in [0.4, 0.5) is 6.01 Å². The zero-order chi connectivity index (χ0) is 11.4. The number of amides is 1. The number of aromatic nitrogens is 2. The van der Waals surface area contributed by atoms with Crippen LogP contribution in [0.15, 0.2) is 4.42 Å². The summed E-state index contributed by atoms with van der Waals surface area (Å²) in [6.07, 6.45) is 0. The first kappa shape index (κ1) is 11.4. The van der Waals surface area contributed by atoms with E-state index in [1.807, 2.05) is 6.92 Å². The predicted octanol–water partition coefficient (Wildman–Crippen LogP) is -0.364. The Labute approximate surface area is 87.4 Å². The molecule has 1 heterocycles. The van der Waals surface area contributed by atoms with Crippen LogP contribution in [0.2, 0.25) is 0 Å². The fourth-order valence-corrected chi connectivity index (χ4v) is 0.848. The lowest BCUT2D eigenvalue weighted by atomic mass is 10.3. The molecule has 0 fully saturated rings. The maximum atomic E-state index is 10.8. The smallest absolute Gasteiger partial charge is 0.316 e. The molecule has 84 valence electrons. The van der Waals surface area contributed by atoms with E-state index >= 15 is 0 Å². The van der Waals surface area contributed by atoms with Crippen LogP contribution >= 0.6 is 0 Å². The van der Waals surface area contributed by atoms with Crippen molar-refractivity contribution in [1.82, 2.24) is 15.5 Å². The maximum absolute atomic E-state index is 10.8. The zero-order valence-corrected chi connectivity index (χ0v) is 8.94. The van der Waals surface area contributed by atoms with Gasteiger partial charge in [-0.3, -0.25) is 4.79 Å². The molecule has 4 N–H and O–H groups in total. The van der Waals surface area contributed by atoms with Crippen molar-refractivity contribution in [3.8, 4) is 0 Å². The van der Waals surface area contributed by atoms with E-state index in [1.54, 1.807) is 14.0 Å². The topological polar surface area (TPSA) is 106 Å². The molecule has 0 spiro atoms. The Balaban J connectivity index is 2.64. The van der Waals surface area contributed by atoms with Gasteiger partial charge in [0.05, 0.1) is 6.04 Å². The molecule has 7 nitrogen and oxygen atoms in total. The Hall–Kier alpha value is -1.63. The summed E-state index contributed by atoms with van der Waals surface area (Å²) in [6.45, 7) is 3.50. The summed E-state index contributed by atoms with van der Waals surface area (Å²) in [4.78, 5) is 10.8. The molecule has 0 bridgehead atoms. The van der Waals surface area contributed by atoms with Crippen LogP contribution in [0, 0.1) is 0 Å². The zero-order valence-electron chi connectivity index (χ0n) is 8.94. The van der Waals surface area contributed by atoms with Crippen molar-refractivity contribution in [3.63, 3.8) is 0 Å². The van der Waals surface area contributed by atoms with Gasteiger partial charge in [-0.1, -0.05) is 5.10 Å². The Morgan fingerprint density at radius 2 is 2.13 bits per heavy atom. The summed E-state index contributed by atoms with van der Waals surface area (Å²) in [5.74, 6) is -0.0203. The largest absolute Gasteiger partial charge is 0.406 e. The molecule has 7 heteroatoms. The van der Waals surface area contributed by atoms with E-state index in [0.29, 0.717) is 5.89 Å². The minimum Gasteiger partial charge on any atom is -0.406 e. The highest BCUT2D eigenvalue weighted by molar-refractivity contribution is 5.81. The standard InChI is InChI=1S/C8H15N5O2/c1-4(6(9)14)11-8-13-12-7(15-8)5(2)10-3/h4-5,10H,1-3H3,(H2,9,14)(H,11,13). The van der Waals surface area contributed by atoms with Crippen molar-refractivity contribution < 1.29 is 9.21 Å². The highest BCUT2D eigenvalue weighted by Crippen LogP contribution is 2.13. The van der Waals surface area contributed by atoms with E-state index in [0.717, 1.165) is 0 Å². The Bertz CT molecular complexity index is 338. The summed E-state index contributed by atoms with van der Waals surface area (Å²) in [6, 6.07) is -0.376. The summed E-state index contributed by atoms with van der Waals surface area (Å²) < 4.78 is 5.25.